The number of nitrogens with two attached hydrogens (primary N) is 1. The number of hydrogen-bond acceptors (Lipinski definition) is 2. The van der Waals surface area contributed by atoms with Crippen molar-refractivity contribution < 1.29 is 4.79 Å². The van der Waals surface area contributed by atoms with Crippen molar-refractivity contribution in [3.8, 4) is 0 Å². The van der Waals surface area contributed by atoms with Crippen LogP contribution in [0.1, 0.15) is 96.3 Å². The summed E-state index contributed by atoms with van der Waals surface area (Å²) in [6, 6.07) is 0. The monoisotopic (exact) mass is 295 g/mol. The van der Waals surface area contributed by atoms with Gasteiger partial charge in [0.05, 0.1) is 0 Å². The number of allylic oxidation sites excluding steroid dienone is 1. The lowest BCUT2D eigenvalue weighted by Gasteiger charge is -2.03. The van der Waals surface area contributed by atoms with Crippen LogP contribution in [0.4, 0.5) is 0 Å². The van der Waals surface area contributed by atoms with Gasteiger partial charge in [-0.15, -0.1) is 0 Å². The van der Waals surface area contributed by atoms with Crippen LogP contribution in [0.2, 0.25) is 0 Å². The van der Waals surface area contributed by atoms with Gasteiger partial charge in [-0.25, -0.2) is 0 Å². The summed E-state index contributed by atoms with van der Waals surface area (Å²) >= 11 is 0. The molecule has 0 aromatic rings. The molecule has 0 atom stereocenters. The largest absolute Gasteiger partial charge is 0.330 e. The first-order chi connectivity index (χ1) is 10.3. The molecule has 0 aromatic heterocycles. The molecule has 0 rings (SSSR count). The van der Waals surface area contributed by atoms with Crippen molar-refractivity contribution in [2.75, 3.05) is 6.54 Å². The van der Waals surface area contributed by atoms with E-state index in [1.54, 1.807) is 0 Å². The fourth-order valence-corrected chi connectivity index (χ4v) is 2.67. The minimum atomic E-state index is 0.193. The Labute approximate surface area is 132 Å². The van der Waals surface area contributed by atoms with E-state index in [1.807, 2.05) is 0 Å². The summed E-state index contributed by atoms with van der Waals surface area (Å²) in [5.74, 6) is 0.193. The van der Waals surface area contributed by atoms with Crippen LogP contribution >= 0.6 is 0 Å². The second kappa shape index (κ2) is 17.4. The molecule has 0 bridgehead atoms. The number of rotatable bonds is 17. The van der Waals surface area contributed by atoms with Crippen molar-refractivity contribution >= 4 is 5.78 Å². The van der Waals surface area contributed by atoms with E-state index < -0.39 is 0 Å². The van der Waals surface area contributed by atoms with Gasteiger partial charge in [0.15, 0.2) is 5.78 Å². The summed E-state index contributed by atoms with van der Waals surface area (Å²) in [7, 11) is 0. The summed E-state index contributed by atoms with van der Waals surface area (Å²) in [5.41, 5.74) is 5.48. The van der Waals surface area contributed by atoms with E-state index in [2.05, 4.69) is 6.58 Å². The average Bonchev–Trinajstić information content (AvgIpc) is 2.50. The molecule has 0 unspecified atom stereocenters. The van der Waals surface area contributed by atoms with Crippen LogP contribution in [0.15, 0.2) is 12.7 Å². The smallest absolute Gasteiger partial charge is 0.155 e. The highest BCUT2D eigenvalue weighted by Gasteiger charge is 1.96. The van der Waals surface area contributed by atoms with E-state index in [-0.39, 0.29) is 5.78 Å². The first-order valence-corrected chi connectivity index (χ1v) is 9.16. The van der Waals surface area contributed by atoms with Crippen molar-refractivity contribution in [2.45, 2.75) is 96.3 Å². The Bertz CT molecular complexity index is 238. The molecule has 21 heavy (non-hydrogen) atoms. The topological polar surface area (TPSA) is 43.1 Å². The second-order valence-electron chi connectivity index (χ2n) is 6.16. The average molecular weight is 296 g/mol. The number of carbonyl (C=O) groups excluding carboxylic acids is 1. The predicted molar refractivity (Wildman–Crippen MR) is 93.5 cm³/mol. The molecule has 0 saturated heterocycles. The van der Waals surface area contributed by atoms with E-state index in [1.165, 1.54) is 89.5 Å². The fourth-order valence-electron chi connectivity index (χ4n) is 2.67. The lowest BCUT2D eigenvalue weighted by molar-refractivity contribution is -0.114. The SMILES string of the molecule is C=CC(=O)CCCCCCCCCCCCCCCCN. The zero-order valence-electron chi connectivity index (χ0n) is 14.1. The molecular formula is C19H37NO. The quantitative estimate of drug-likeness (QED) is 0.282. The molecule has 2 heteroatoms. The Morgan fingerprint density at radius 2 is 1.00 bits per heavy atom. The maximum absolute atomic E-state index is 11.0. The fraction of sp³-hybridized carbons (Fsp3) is 0.842. The van der Waals surface area contributed by atoms with E-state index in [4.69, 9.17) is 5.73 Å². The first kappa shape index (κ1) is 20.4. The standard InChI is InChI=1S/C19H37NO/c1-2-19(21)17-15-13-11-9-7-5-3-4-6-8-10-12-14-16-18-20/h2H,1,3-18,20H2. The molecule has 0 aliphatic carbocycles. The van der Waals surface area contributed by atoms with Crippen LogP contribution in [0.3, 0.4) is 0 Å². The van der Waals surface area contributed by atoms with Gasteiger partial charge >= 0.3 is 0 Å². The Kier molecular flexibility index (Phi) is 16.9. The number of carbonyl (C=O) groups is 1. The first-order valence-electron chi connectivity index (χ1n) is 9.16. The Morgan fingerprint density at radius 1 is 0.667 bits per heavy atom. The van der Waals surface area contributed by atoms with Gasteiger partial charge in [0, 0.05) is 6.42 Å². The highest BCUT2D eigenvalue weighted by Crippen LogP contribution is 2.13. The summed E-state index contributed by atoms with van der Waals surface area (Å²) in [6.07, 6.45) is 20.6. The van der Waals surface area contributed by atoms with Gasteiger partial charge in [0.2, 0.25) is 0 Å². The summed E-state index contributed by atoms with van der Waals surface area (Å²) in [4.78, 5) is 11.0. The zero-order chi connectivity index (χ0) is 15.6. The Balaban J connectivity index is 2.99. The van der Waals surface area contributed by atoms with Gasteiger partial charge in [-0.3, -0.25) is 4.79 Å². The molecule has 2 nitrogen and oxygen atoms in total. The molecule has 0 amide bonds. The molecule has 0 aliphatic rings. The molecule has 124 valence electrons. The van der Waals surface area contributed by atoms with Crippen LogP contribution in [-0.4, -0.2) is 12.3 Å². The molecule has 0 spiro atoms. The third-order valence-electron chi connectivity index (χ3n) is 4.10. The number of ketones is 1. The Hall–Kier alpha value is -0.630. The van der Waals surface area contributed by atoms with Gasteiger partial charge in [-0.1, -0.05) is 83.6 Å². The van der Waals surface area contributed by atoms with Gasteiger partial charge in [0.1, 0.15) is 0 Å². The lowest BCUT2D eigenvalue weighted by Crippen LogP contribution is -1.97. The predicted octanol–water partition coefficient (Wildman–Crippen LogP) is 5.55. The summed E-state index contributed by atoms with van der Waals surface area (Å²) < 4.78 is 0. The molecule has 0 heterocycles. The van der Waals surface area contributed by atoms with Crippen molar-refractivity contribution in [1.29, 1.82) is 0 Å². The summed E-state index contributed by atoms with van der Waals surface area (Å²) in [6.45, 7) is 4.35. The zero-order valence-corrected chi connectivity index (χ0v) is 14.1. The Morgan fingerprint density at radius 3 is 1.33 bits per heavy atom. The van der Waals surface area contributed by atoms with E-state index >= 15 is 0 Å². The van der Waals surface area contributed by atoms with Crippen LogP contribution < -0.4 is 5.73 Å². The van der Waals surface area contributed by atoms with Crippen LogP contribution in [0.5, 0.6) is 0 Å². The maximum Gasteiger partial charge on any atom is 0.155 e. The van der Waals surface area contributed by atoms with Crippen molar-refractivity contribution in [3.63, 3.8) is 0 Å². The van der Waals surface area contributed by atoms with Gasteiger partial charge < -0.3 is 5.73 Å². The minimum Gasteiger partial charge on any atom is -0.330 e. The van der Waals surface area contributed by atoms with Crippen molar-refractivity contribution in [2.24, 2.45) is 5.73 Å². The number of hydrogen-bond donors (Lipinski definition) is 1. The van der Waals surface area contributed by atoms with E-state index in [0.717, 1.165) is 13.0 Å². The van der Waals surface area contributed by atoms with Crippen LogP contribution in [0.25, 0.3) is 0 Å². The van der Waals surface area contributed by atoms with E-state index in [0.29, 0.717) is 6.42 Å². The minimum absolute atomic E-state index is 0.193. The molecule has 0 aromatic carbocycles. The van der Waals surface area contributed by atoms with Crippen LogP contribution in [0, 0.1) is 0 Å². The van der Waals surface area contributed by atoms with Gasteiger partial charge in [0.25, 0.3) is 0 Å². The van der Waals surface area contributed by atoms with Crippen molar-refractivity contribution in [1.82, 2.24) is 0 Å². The molecule has 0 saturated carbocycles. The second-order valence-corrected chi connectivity index (χ2v) is 6.16. The van der Waals surface area contributed by atoms with Crippen LogP contribution in [-0.2, 0) is 4.79 Å². The third kappa shape index (κ3) is 17.3. The highest BCUT2D eigenvalue weighted by atomic mass is 16.1. The molecule has 0 fully saturated rings. The molecule has 0 aliphatic heterocycles. The highest BCUT2D eigenvalue weighted by molar-refractivity contribution is 5.88. The summed E-state index contributed by atoms with van der Waals surface area (Å²) in [5, 5.41) is 0. The maximum atomic E-state index is 11.0. The van der Waals surface area contributed by atoms with Crippen molar-refractivity contribution in [3.05, 3.63) is 12.7 Å². The normalized spacial score (nSPS) is 10.7. The van der Waals surface area contributed by atoms with Gasteiger partial charge in [-0.05, 0) is 25.5 Å². The van der Waals surface area contributed by atoms with E-state index in [9.17, 15) is 4.79 Å². The molecular weight excluding hydrogens is 258 g/mol. The van der Waals surface area contributed by atoms with Gasteiger partial charge in [-0.2, -0.15) is 0 Å². The molecule has 2 N–H and O–H groups in total. The third-order valence-corrected chi connectivity index (χ3v) is 4.10. The lowest BCUT2D eigenvalue weighted by atomic mass is 10.0. The molecule has 0 radical (unpaired) electrons. The number of unbranched alkanes of at least 4 members (excludes halogenated alkanes) is 13.